The van der Waals surface area contributed by atoms with Crippen LogP contribution in [0, 0.1) is 0 Å². The molecule has 0 aliphatic carbocycles. The second-order valence-corrected chi connectivity index (χ2v) is 11.5. The molecule has 1 fully saturated rings. The number of nitrogens with one attached hydrogen (secondary N) is 1. The Balaban J connectivity index is 2.46. The molecule has 1 saturated heterocycles. The molecule has 0 radical (unpaired) electrons. The maximum Gasteiger partial charge on any atom is 0.332 e. The average molecular weight is 285 g/mol. The van der Waals surface area contributed by atoms with Crippen molar-refractivity contribution in [3.05, 3.63) is 11.8 Å². The Labute approximate surface area is 117 Å². The van der Waals surface area contributed by atoms with Gasteiger partial charge in [-0.3, -0.25) is 0 Å². The summed E-state index contributed by atoms with van der Waals surface area (Å²) in [5.41, 5.74) is 0.954. The fourth-order valence-electron chi connectivity index (χ4n) is 1.70. The molecule has 1 aliphatic heterocycles. The maximum atomic E-state index is 11.2. The fourth-order valence-corrected chi connectivity index (χ4v) is 2.75. The third-order valence-electron chi connectivity index (χ3n) is 4.10. The van der Waals surface area contributed by atoms with Crippen molar-refractivity contribution in [2.45, 2.75) is 57.8 Å². The molecule has 5 heteroatoms. The standard InChI is InChI=1S/C14H27NO3Si/c1-14(2,3)19(5,6)18-10-12-8-7-11(15-12)9-13(16)17-4/h9,12,15H,7-8,10H2,1-6H3/b11-9-/t12-/m0/s1. The van der Waals surface area contributed by atoms with Crippen molar-refractivity contribution in [2.24, 2.45) is 0 Å². The molecule has 0 aromatic carbocycles. The van der Waals surface area contributed by atoms with E-state index in [1.54, 1.807) is 0 Å². The van der Waals surface area contributed by atoms with Gasteiger partial charge in [0.1, 0.15) is 0 Å². The summed E-state index contributed by atoms with van der Waals surface area (Å²) in [6.45, 7) is 12.0. The van der Waals surface area contributed by atoms with E-state index in [9.17, 15) is 4.79 Å². The molecule has 1 heterocycles. The van der Waals surface area contributed by atoms with Gasteiger partial charge in [0.25, 0.3) is 0 Å². The number of carbonyl (C=O) groups is 1. The molecule has 0 aromatic heterocycles. The van der Waals surface area contributed by atoms with Gasteiger partial charge in [-0.25, -0.2) is 4.79 Å². The quantitative estimate of drug-likeness (QED) is 0.490. The van der Waals surface area contributed by atoms with Crippen LogP contribution in [0.3, 0.4) is 0 Å². The lowest BCUT2D eigenvalue weighted by molar-refractivity contribution is -0.134. The van der Waals surface area contributed by atoms with Gasteiger partial charge in [0.2, 0.25) is 0 Å². The number of allylic oxidation sites excluding steroid dienone is 1. The van der Waals surface area contributed by atoms with Crippen LogP contribution in [0.1, 0.15) is 33.6 Å². The molecule has 0 saturated carbocycles. The molecule has 1 N–H and O–H groups in total. The Morgan fingerprint density at radius 3 is 2.63 bits per heavy atom. The van der Waals surface area contributed by atoms with Crippen molar-refractivity contribution in [2.75, 3.05) is 13.7 Å². The number of hydrogen-bond acceptors (Lipinski definition) is 4. The highest BCUT2D eigenvalue weighted by Gasteiger charge is 2.37. The fraction of sp³-hybridized carbons (Fsp3) is 0.786. The van der Waals surface area contributed by atoms with Crippen LogP contribution in [0.5, 0.6) is 0 Å². The lowest BCUT2D eigenvalue weighted by Gasteiger charge is -2.37. The summed E-state index contributed by atoms with van der Waals surface area (Å²) in [6, 6.07) is 0.310. The zero-order chi connectivity index (χ0) is 14.7. The van der Waals surface area contributed by atoms with Gasteiger partial charge in [-0.2, -0.15) is 0 Å². The Morgan fingerprint density at radius 1 is 1.47 bits per heavy atom. The molecule has 1 aliphatic rings. The highest BCUT2D eigenvalue weighted by molar-refractivity contribution is 6.74. The lowest BCUT2D eigenvalue weighted by Crippen LogP contribution is -2.43. The van der Waals surface area contributed by atoms with Crippen molar-refractivity contribution < 1.29 is 14.0 Å². The lowest BCUT2D eigenvalue weighted by atomic mass is 10.2. The molecule has 4 nitrogen and oxygen atoms in total. The molecule has 19 heavy (non-hydrogen) atoms. The van der Waals surface area contributed by atoms with Crippen molar-refractivity contribution in [1.82, 2.24) is 5.32 Å². The van der Waals surface area contributed by atoms with Crippen molar-refractivity contribution >= 4 is 14.3 Å². The first-order chi connectivity index (χ1) is 8.65. The predicted molar refractivity (Wildman–Crippen MR) is 79.4 cm³/mol. The number of rotatable bonds is 4. The molecule has 0 bridgehead atoms. The Morgan fingerprint density at radius 2 is 2.11 bits per heavy atom. The second kappa shape index (κ2) is 6.09. The molecular formula is C14H27NO3Si. The summed E-state index contributed by atoms with van der Waals surface area (Å²) >= 11 is 0. The number of hydrogen-bond donors (Lipinski definition) is 1. The van der Waals surface area contributed by atoms with E-state index in [2.05, 4.69) is 43.9 Å². The van der Waals surface area contributed by atoms with Crippen LogP contribution in [0.4, 0.5) is 0 Å². The monoisotopic (exact) mass is 285 g/mol. The van der Waals surface area contributed by atoms with E-state index >= 15 is 0 Å². The second-order valence-electron chi connectivity index (χ2n) is 6.64. The average Bonchev–Trinajstić information content (AvgIpc) is 2.72. The van der Waals surface area contributed by atoms with Crippen LogP contribution >= 0.6 is 0 Å². The summed E-state index contributed by atoms with van der Waals surface area (Å²) in [7, 11) is -0.289. The minimum absolute atomic E-state index is 0.232. The third kappa shape index (κ3) is 4.65. The van der Waals surface area contributed by atoms with Crippen molar-refractivity contribution in [1.29, 1.82) is 0 Å². The van der Waals surface area contributed by atoms with E-state index in [1.165, 1.54) is 13.2 Å². The van der Waals surface area contributed by atoms with E-state index in [-0.39, 0.29) is 11.0 Å². The summed E-state index contributed by atoms with van der Waals surface area (Å²) < 4.78 is 10.8. The van der Waals surface area contributed by atoms with Gasteiger partial charge < -0.3 is 14.5 Å². The summed E-state index contributed by atoms with van der Waals surface area (Å²) in [5, 5.41) is 3.57. The minimum atomic E-state index is -1.68. The highest BCUT2D eigenvalue weighted by atomic mass is 28.4. The summed E-state index contributed by atoms with van der Waals surface area (Å²) in [6.07, 6.45) is 3.43. The Kier molecular flexibility index (Phi) is 5.21. The molecular weight excluding hydrogens is 258 g/mol. The maximum absolute atomic E-state index is 11.2. The van der Waals surface area contributed by atoms with E-state index in [4.69, 9.17) is 4.43 Å². The molecule has 0 amide bonds. The highest BCUT2D eigenvalue weighted by Crippen LogP contribution is 2.36. The largest absolute Gasteiger partial charge is 0.466 e. The first kappa shape index (κ1) is 16.2. The van der Waals surface area contributed by atoms with E-state index in [1.807, 2.05) is 0 Å². The predicted octanol–water partition coefficient (Wildman–Crippen LogP) is 2.82. The van der Waals surface area contributed by atoms with E-state index in [0.717, 1.165) is 25.1 Å². The molecule has 0 spiro atoms. The van der Waals surface area contributed by atoms with Crippen LogP contribution in [-0.2, 0) is 14.0 Å². The topological polar surface area (TPSA) is 47.6 Å². The molecule has 0 aromatic rings. The van der Waals surface area contributed by atoms with Gasteiger partial charge in [0, 0.05) is 17.8 Å². The van der Waals surface area contributed by atoms with Gasteiger partial charge in [-0.05, 0) is 31.0 Å². The van der Waals surface area contributed by atoms with Crippen LogP contribution in [0.15, 0.2) is 11.8 Å². The van der Waals surface area contributed by atoms with Crippen LogP contribution in [0.2, 0.25) is 18.1 Å². The smallest absolute Gasteiger partial charge is 0.332 e. The van der Waals surface area contributed by atoms with E-state index < -0.39 is 8.32 Å². The Hall–Kier alpha value is -0.813. The summed E-state index contributed by atoms with van der Waals surface area (Å²) in [4.78, 5) is 11.2. The Bertz CT molecular complexity index is 358. The normalized spacial score (nSPS) is 22.4. The van der Waals surface area contributed by atoms with Gasteiger partial charge in [-0.1, -0.05) is 20.8 Å². The first-order valence-corrected chi connectivity index (χ1v) is 9.75. The van der Waals surface area contributed by atoms with E-state index in [0.29, 0.717) is 6.04 Å². The molecule has 110 valence electrons. The van der Waals surface area contributed by atoms with Crippen LogP contribution in [-0.4, -0.2) is 34.0 Å². The van der Waals surface area contributed by atoms with Gasteiger partial charge in [-0.15, -0.1) is 0 Å². The number of carbonyl (C=O) groups excluding carboxylic acids is 1. The first-order valence-electron chi connectivity index (χ1n) is 6.85. The molecule has 0 unspecified atom stereocenters. The zero-order valence-corrected chi connectivity index (χ0v) is 14.0. The molecule has 1 atom stereocenters. The summed E-state index contributed by atoms with van der Waals surface area (Å²) in [5.74, 6) is -0.298. The number of ether oxygens (including phenoxy) is 1. The third-order valence-corrected chi connectivity index (χ3v) is 8.60. The van der Waals surface area contributed by atoms with Crippen molar-refractivity contribution in [3.63, 3.8) is 0 Å². The van der Waals surface area contributed by atoms with Gasteiger partial charge in [0.05, 0.1) is 13.7 Å². The van der Waals surface area contributed by atoms with Crippen LogP contribution in [0.25, 0.3) is 0 Å². The number of methoxy groups -OCH3 is 1. The van der Waals surface area contributed by atoms with Crippen LogP contribution < -0.4 is 5.32 Å². The van der Waals surface area contributed by atoms with Gasteiger partial charge in [0.15, 0.2) is 8.32 Å². The van der Waals surface area contributed by atoms with Gasteiger partial charge >= 0.3 is 5.97 Å². The SMILES string of the molecule is COC(=O)/C=C1/CC[C@@H](CO[Si](C)(C)C(C)(C)C)N1. The number of esters is 1. The zero-order valence-electron chi connectivity index (χ0n) is 13.0. The van der Waals surface area contributed by atoms with Crippen molar-refractivity contribution in [3.8, 4) is 0 Å². The molecule has 1 rings (SSSR count). The minimum Gasteiger partial charge on any atom is -0.466 e.